The topological polar surface area (TPSA) is 60.4 Å². The van der Waals surface area contributed by atoms with E-state index in [2.05, 4.69) is 0 Å². The van der Waals surface area contributed by atoms with Crippen LogP contribution >= 0.6 is 0 Å². The highest BCUT2D eigenvalue weighted by Gasteiger charge is 2.16. The number of rotatable bonds is 4. The molecule has 2 aromatic rings. The van der Waals surface area contributed by atoms with Crippen LogP contribution in [0.25, 0.3) is 0 Å². The molecule has 0 heterocycles. The van der Waals surface area contributed by atoms with Crippen molar-refractivity contribution in [3.05, 3.63) is 65.0 Å². The summed E-state index contributed by atoms with van der Waals surface area (Å²) in [5.41, 5.74) is 0.998. The van der Waals surface area contributed by atoms with Crippen LogP contribution in [0.3, 0.4) is 0 Å². The molecule has 0 spiro atoms. The summed E-state index contributed by atoms with van der Waals surface area (Å²) in [6.07, 6.45) is 1.06. The summed E-state index contributed by atoms with van der Waals surface area (Å²) in [5, 5.41) is 0. The van der Waals surface area contributed by atoms with Crippen LogP contribution in [0.1, 0.15) is 21.5 Å². The van der Waals surface area contributed by atoms with E-state index in [-0.39, 0.29) is 22.6 Å². The Hall–Kier alpha value is -2.21. The Bertz CT molecular complexity index is 813. The quantitative estimate of drug-likeness (QED) is 0.812. The molecule has 2 aromatic carbocycles. The summed E-state index contributed by atoms with van der Waals surface area (Å²) in [6, 6.07) is 10.2. The average molecular weight is 322 g/mol. The third-order valence-corrected chi connectivity index (χ3v) is 4.28. The van der Waals surface area contributed by atoms with Crippen molar-refractivity contribution < 1.29 is 22.3 Å². The molecule has 0 aliphatic rings. The van der Waals surface area contributed by atoms with E-state index in [0.29, 0.717) is 5.56 Å². The number of sulfone groups is 1. The second-order valence-corrected chi connectivity index (χ2v) is 6.93. The summed E-state index contributed by atoms with van der Waals surface area (Å²) >= 11 is 0. The van der Waals surface area contributed by atoms with Crippen molar-refractivity contribution in [1.82, 2.24) is 0 Å². The molecule has 6 heteroatoms. The molecule has 22 heavy (non-hydrogen) atoms. The van der Waals surface area contributed by atoms with Crippen molar-refractivity contribution in [2.75, 3.05) is 6.26 Å². The molecule has 0 saturated heterocycles. The predicted octanol–water partition coefficient (Wildman–Crippen LogP) is 2.89. The number of benzene rings is 2. The van der Waals surface area contributed by atoms with Crippen molar-refractivity contribution >= 4 is 15.8 Å². The molecule has 0 amide bonds. The maximum atomic E-state index is 13.5. The number of aryl methyl sites for hydroxylation is 1. The lowest BCUT2D eigenvalue weighted by Gasteiger charge is -2.09. The van der Waals surface area contributed by atoms with Gasteiger partial charge >= 0.3 is 5.97 Å². The summed E-state index contributed by atoms with van der Waals surface area (Å²) in [5.74, 6) is -1.15. The van der Waals surface area contributed by atoms with Crippen molar-refractivity contribution in [2.45, 2.75) is 18.4 Å². The fraction of sp³-hybridized carbons (Fsp3) is 0.188. The van der Waals surface area contributed by atoms with Gasteiger partial charge in [0.15, 0.2) is 9.84 Å². The van der Waals surface area contributed by atoms with Crippen LogP contribution in [0, 0.1) is 12.7 Å². The van der Waals surface area contributed by atoms with E-state index in [1.807, 2.05) is 0 Å². The molecule has 0 aliphatic carbocycles. The number of ether oxygens (including phenoxy) is 1. The number of carbonyl (C=O) groups is 1. The molecule has 116 valence electrons. The molecule has 2 rings (SSSR count). The Morgan fingerprint density at radius 1 is 1.18 bits per heavy atom. The second-order valence-electron chi connectivity index (χ2n) is 4.92. The highest BCUT2D eigenvalue weighted by atomic mass is 32.2. The summed E-state index contributed by atoms with van der Waals surface area (Å²) in [4.78, 5) is 12.1. The molecule has 0 aromatic heterocycles. The normalized spacial score (nSPS) is 11.2. The standard InChI is InChI=1S/C16H15FO4S/c1-11-7-8-13(22(2,19)20)9-14(11)16(18)21-10-12-5-3-4-6-15(12)17/h3-9H,10H2,1-2H3. The van der Waals surface area contributed by atoms with Gasteiger partial charge in [0.2, 0.25) is 0 Å². The van der Waals surface area contributed by atoms with Gasteiger partial charge in [0.05, 0.1) is 10.5 Å². The first-order valence-corrected chi connectivity index (χ1v) is 8.39. The van der Waals surface area contributed by atoms with E-state index in [1.165, 1.54) is 30.3 Å². The van der Waals surface area contributed by atoms with Crippen molar-refractivity contribution in [1.29, 1.82) is 0 Å². The van der Waals surface area contributed by atoms with Crippen LogP contribution in [-0.4, -0.2) is 20.6 Å². The number of halogens is 1. The lowest BCUT2D eigenvalue weighted by Crippen LogP contribution is -2.09. The first-order chi connectivity index (χ1) is 10.3. The highest BCUT2D eigenvalue weighted by molar-refractivity contribution is 7.90. The molecule has 0 N–H and O–H groups in total. The Morgan fingerprint density at radius 2 is 1.86 bits per heavy atom. The van der Waals surface area contributed by atoms with E-state index in [4.69, 9.17) is 4.74 Å². The first-order valence-electron chi connectivity index (χ1n) is 6.50. The van der Waals surface area contributed by atoms with Gasteiger partial charge in [0.1, 0.15) is 12.4 Å². The van der Waals surface area contributed by atoms with Crippen molar-refractivity contribution in [3.8, 4) is 0 Å². The maximum Gasteiger partial charge on any atom is 0.338 e. The smallest absolute Gasteiger partial charge is 0.338 e. The van der Waals surface area contributed by atoms with Gasteiger partial charge in [-0.25, -0.2) is 17.6 Å². The van der Waals surface area contributed by atoms with Gasteiger partial charge in [0.25, 0.3) is 0 Å². The fourth-order valence-corrected chi connectivity index (χ4v) is 2.54. The first kappa shape index (κ1) is 16.2. The predicted molar refractivity (Wildman–Crippen MR) is 79.8 cm³/mol. The third kappa shape index (κ3) is 3.71. The molecule has 0 unspecified atom stereocenters. The molecule has 0 radical (unpaired) electrons. The lowest BCUT2D eigenvalue weighted by molar-refractivity contribution is 0.0468. The molecule has 0 atom stereocenters. The van der Waals surface area contributed by atoms with Gasteiger partial charge in [-0.05, 0) is 30.7 Å². The average Bonchev–Trinajstić information content (AvgIpc) is 2.45. The van der Waals surface area contributed by atoms with Crippen LogP contribution in [0.15, 0.2) is 47.4 Å². The molecule has 4 nitrogen and oxygen atoms in total. The molecule has 0 aliphatic heterocycles. The van der Waals surface area contributed by atoms with Gasteiger partial charge in [-0.1, -0.05) is 24.3 Å². The Labute approximate surface area is 128 Å². The zero-order valence-electron chi connectivity index (χ0n) is 12.2. The maximum absolute atomic E-state index is 13.5. The van der Waals surface area contributed by atoms with Crippen LogP contribution in [-0.2, 0) is 21.2 Å². The van der Waals surface area contributed by atoms with Gasteiger partial charge in [-0.2, -0.15) is 0 Å². The fourth-order valence-electron chi connectivity index (χ4n) is 1.89. The largest absolute Gasteiger partial charge is 0.457 e. The van der Waals surface area contributed by atoms with E-state index in [9.17, 15) is 17.6 Å². The van der Waals surface area contributed by atoms with Gasteiger partial charge in [-0.3, -0.25) is 0 Å². The minimum absolute atomic E-state index is 0.0379. The minimum Gasteiger partial charge on any atom is -0.457 e. The van der Waals surface area contributed by atoms with Gasteiger partial charge < -0.3 is 4.74 Å². The highest BCUT2D eigenvalue weighted by Crippen LogP contribution is 2.17. The third-order valence-electron chi connectivity index (χ3n) is 3.17. The number of hydrogen-bond acceptors (Lipinski definition) is 4. The van der Waals surface area contributed by atoms with E-state index < -0.39 is 21.6 Å². The Kier molecular flexibility index (Phi) is 4.61. The molecular weight excluding hydrogens is 307 g/mol. The second kappa shape index (κ2) is 6.27. The van der Waals surface area contributed by atoms with Crippen molar-refractivity contribution in [3.63, 3.8) is 0 Å². The van der Waals surface area contributed by atoms with E-state index in [0.717, 1.165) is 6.26 Å². The monoisotopic (exact) mass is 322 g/mol. The summed E-state index contributed by atoms with van der Waals surface area (Å²) in [6.45, 7) is 1.46. The van der Waals surface area contributed by atoms with Crippen LogP contribution < -0.4 is 0 Å². The number of hydrogen-bond donors (Lipinski definition) is 0. The molecule has 0 saturated carbocycles. The van der Waals surface area contributed by atoms with Gasteiger partial charge in [-0.15, -0.1) is 0 Å². The molecular formula is C16H15FO4S. The Balaban J connectivity index is 2.21. The minimum atomic E-state index is -3.42. The van der Waals surface area contributed by atoms with Gasteiger partial charge in [0, 0.05) is 11.8 Å². The van der Waals surface area contributed by atoms with E-state index in [1.54, 1.807) is 19.1 Å². The molecule has 0 fully saturated rings. The number of esters is 1. The zero-order valence-corrected chi connectivity index (χ0v) is 13.0. The summed E-state index contributed by atoms with van der Waals surface area (Å²) < 4.78 is 41.6. The SMILES string of the molecule is Cc1ccc(S(C)(=O)=O)cc1C(=O)OCc1ccccc1F. The number of carbonyl (C=O) groups excluding carboxylic acids is 1. The molecule has 0 bridgehead atoms. The lowest BCUT2D eigenvalue weighted by atomic mass is 10.1. The zero-order chi connectivity index (χ0) is 16.3. The van der Waals surface area contributed by atoms with Crippen LogP contribution in [0.4, 0.5) is 4.39 Å². The van der Waals surface area contributed by atoms with Crippen molar-refractivity contribution in [2.24, 2.45) is 0 Å². The Morgan fingerprint density at radius 3 is 2.50 bits per heavy atom. The van der Waals surface area contributed by atoms with Crippen LogP contribution in [0.5, 0.6) is 0 Å². The van der Waals surface area contributed by atoms with E-state index >= 15 is 0 Å². The van der Waals surface area contributed by atoms with Crippen LogP contribution in [0.2, 0.25) is 0 Å². The summed E-state index contributed by atoms with van der Waals surface area (Å²) in [7, 11) is -3.42.